The van der Waals surface area contributed by atoms with Gasteiger partial charge in [0.05, 0.1) is 5.69 Å². The van der Waals surface area contributed by atoms with Gasteiger partial charge in [0.1, 0.15) is 4.88 Å². The van der Waals surface area contributed by atoms with Gasteiger partial charge in [-0.1, -0.05) is 34.8 Å². The third-order valence-corrected chi connectivity index (χ3v) is 5.62. The minimum Gasteiger partial charge on any atom is -0.348 e. The molecule has 0 unspecified atom stereocenters. The van der Waals surface area contributed by atoms with Gasteiger partial charge in [0, 0.05) is 26.2 Å². The van der Waals surface area contributed by atoms with E-state index in [0.717, 1.165) is 29.9 Å². The number of benzene rings is 1. The smallest absolute Gasteiger partial charge is 0.309 e. The van der Waals surface area contributed by atoms with E-state index in [0.29, 0.717) is 36.8 Å². The molecule has 3 rings (SSSR count). The number of piperidine rings is 1. The SMILES string of the molecule is Cc1nnsc1C(=O)N1CCC(CNC(=O)C(=O)NCc2ccccc2)CC1. The Morgan fingerprint density at radius 1 is 1.11 bits per heavy atom. The van der Waals surface area contributed by atoms with Crippen LogP contribution in [0.1, 0.15) is 33.8 Å². The van der Waals surface area contributed by atoms with Gasteiger partial charge in [-0.15, -0.1) is 5.10 Å². The summed E-state index contributed by atoms with van der Waals surface area (Å²) in [6.07, 6.45) is 1.56. The summed E-state index contributed by atoms with van der Waals surface area (Å²) >= 11 is 1.12. The normalized spacial score (nSPS) is 14.5. The van der Waals surface area contributed by atoms with Crippen LogP contribution in [-0.2, 0) is 16.1 Å². The largest absolute Gasteiger partial charge is 0.348 e. The van der Waals surface area contributed by atoms with Crippen molar-refractivity contribution in [3.8, 4) is 0 Å². The van der Waals surface area contributed by atoms with E-state index in [1.165, 1.54) is 0 Å². The highest BCUT2D eigenvalue weighted by molar-refractivity contribution is 7.07. The number of aromatic nitrogens is 2. The summed E-state index contributed by atoms with van der Waals surface area (Å²) in [5, 5.41) is 9.19. The van der Waals surface area contributed by atoms with Crippen LogP contribution in [-0.4, -0.2) is 51.8 Å². The maximum absolute atomic E-state index is 12.5. The van der Waals surface area contributed by atoms with Gasteiger partial charge in [0.15, 0.2) is 0 Å². The minimum atomic E-state index is -0.635. The van der Waals surface area contributed by atoms with Crippen molar-refractivity contribution in [3.63, 3.8) is 0 Å². The number of hydrogen-bond acceptors (Lipinski definition) is 6. The summed E-state index contributed by atoms with van der Waals surface area (Å²) in [5.74, 6) is -1.05. The second-order valence-electron chi connectivity index (χ2n) is 6.80. The Balaban J connectivity index is 1.37. The van der Waals surface area contributed by atoms with Gasteiger partial charge in [0.25, 0.3) is 5.91 Å². The van der Waals surface area contributed by atoms with Crippen molar-refractivity contribution in [2.75, 3.05) is 19.6 Å². The minimum absolute atomic E-state index is 0.0322. The van der Waals surface area contributed by atoms with Crippen LogP contribution in [0.5, 0.6) is 0 Å². The van der Waals surface area contributed by atoms with Gasteiger partial charge in [-0.05, 0) is 42.8 Å². The molecule has 148 valence electrons. The molecular formula is C19H23N5O3S. The predicted octanol–water partition coefficient (Wildman–Crippen LogP) is 1.13. The lowest BCUT2D eigenvalue weighted by molar-refractivity contribution is -0.139. The van der Waals surface area contributed by atoms with E-state index < -0.39 is 11.8 Å². The van der Waals surface area contributed by atoms with Gasteiger partial charge in [-0.3, -0.25) is 14.4 Å². The number of likely N-dealkylation sites (tertiary alicyclic amines) is 1. The van der Waals surface area contributed by atoms with Gasteiger partial charge in [0.2, 0.25) is 0 Å². The zero-order chi connectivity index (χ0) is 19.9. The van der Waals surface area contributed by atoms with Crippen molar-refractivity contribution in [2.45, 2.75) is 26.3 Å². The van der Waals surface area contributed by atoms with E-state index >= 15 is 0 Å². The number of carbonyl (C=O) groups excluding carboxylic acids is 3. The van der Waals surface area contributed by atoms with E-state index in [-0.39, 0.29) is 11.8 Å². The molecule has 28 heavy (non-hydrogen) atoms. The average Bonchev–Trinajstić information content (AvgIpc) is 3.16. The molecule has 2 N–H and O–H groups in total. The number of hydrogen-bond donors (Lipinski definition) is 2. The summed E-state index contributed by atoms with van der Waals surface area (Å²) < 4.78 is 3.81. The lowest BCUT2D eigenvalue weighted by Crippen LogP contribution is -2.44. The number of nitrogens with zero attached hydrogens (tertiary/aromatic N) is 3. The highest BCUT2D eigenvalue weighted by atomic mass is 32.1. The molecule has 2 heterocycles. The molecule has 0 bridgehead atoms. The van der Waals surface area contributed by atoms with Crippen LogP contribution >= 0.6 is 11.5 Å². The van der Waals surface area contributed by atoms with E-state index in [2.05, 4.69) is 20.2 Å². The third-order valence-electron chi connectivity index (χ3n) is 4.80. The highest BCUT2D eigenvalue weighted by Crippen LogP contribution is 2.20. The number of carbonyl (C=O) groups is 3. The number of nitrogens with one attached hydrogen (secondary N) is 2. The van der Waals surface area contributed by atoms with Crippen LogP contribution in [0.4, 0.5) is 0 Å². The summed E-state index contributed by atoms with van der Waals surface area (Å²) in [7, 11) is 0. The van der Waals surface area contributed by atoms with E-state index in [1.54, 1.807) is 11.8 Å². The molecule has 9 heteroatoms. The standard InChI is InChI=1S/C19H23N5O3S/c1-13-16(28-23-22-13)19(27)24-9-7-15(8-10-24)12-21-18(26)17(25)20-11-14-5-3-2-4-6-14/h2-6,15H,7-12H2,1H3,(H,20,25)(H,21,26). The molecule has 1 aliphatic rings. The van der Waals surface area contributed by atoms with Gasteiger partial charge >= 0.3 is 11.8 Å². The van der Waals surface area contributed by atoms with Crippen molar-refractivity contribution in [3.05, 3.63) is 46.5 Å². The lowest BCUT2D eigenvalue weighted by Gasteiger charge is -2.31. The Morgan fingerprint density at radius 2 is 1.79 bits per heavy atom. The van der Waals surface area contributed by atoms with Crippen molar-refractivity contribution in [1.82, 2.24) is 25.1 Å². The summed E-state index contributed by atoms with van der Waals surface area (Å²) in [4.78, 5) is 38.7. The molecule has 1 aromatic carbocycles. The van der Waals surface area contributed by atoms with Gasteiger partial charge in [-0.2, -0.15) is 0 Å². The van der Waals surface area contributed by atoms with Crippen LogP contribution in [0.2, 0.25) is 0 Å². The Kier molecular flexibility index (Phi) is 6.70. The highest BCUT2D eigenvalue weighted by Gasteiger charge is 2.26. The first-order valence-corrected chi connectivity index (χ1v) is 10.00. The van der Waals surface area contributed by atoms with Crippen LogP contribution in [0.3, 0.4) is 0 Å². The van der Waals surface area contributed by atoms with Crippen LogP contribution < -0.4 is 10.6 Å². The van der Waals surface area contributed by atoms with Crippen molar-refractivity contribution >= 4 is 29.3 Å². The molecule has 8 nitrogen and oxygen atoms in total. The molecule has 0 aliphatic carbocycles. The van der Waals surface area contributed by atoms with Crippen molar-refractivity contribution in [2.24, 2.45) is 5.92 Å². The molecule has 1 fully saturated rings. The van der Waals surface area contributed by atoms with Crippen LogP contribution in [0.25, 0.3) is 0 Å². The molecule has 1 aromatic heterocycles. The average molecular weight is 401 g/mol. The molecule has 1 saturated heterocycles. The fraction of sp³-hybridized carbons (Fsp3) is 0.421. The summed E-state index contributed by atoms with van der Waals surface area (Å²) in [6, 6.07) is 9.43. The van der Waals surface area contributed by atoms with E-state index in [9.17, 15) is 14.4 Å². The fourth-order valence-electron chi connectivity index (χ4n) is 3.09. The summed E-state index contributed by atoms with van der Waals surface area (Å²) in [6.45, 7) is 3.77. The van der Waals surface area contributed by atoms with Crippen LogP contribution in [0, 0.1) is 12.8 Å². The maximum Gasteiger partial charge on any atom is 0.309 e. The second-order valence-corrected chi connectivity index (χ2v) is 7.56. The topological polar surface area (TPSA) is 104 Å². The van der Waals surface area contributed by atoms with Crippen molar-refractivity contribution in [1.29, 1.82) is 0 Å². The molecule has 0 spiro atoms. The van der Waals surface area contributed by atoms with Crippen LogP contribution in [0.15, 0.2) is 30.3 Å². The summed E-state index contributed by atoms with van der Waals surface area (Å²) in [5.41, 5.74) is 1.60. The predicted molar refractivity (Wildman–Crippen MR) is 105 cm³/mol. The Labute approximate surface area is 167 Å². The number of aryl methyl sites for hydroxylation is 1. The fourth-order valence-corrected chi connectivity index (χ4v) is 3.71. The zero-order valence-electron chi connectivity index (χ0n) is 15.7. The molecular weight excluding hydrogens is 378 g/mol. The first kappa shape index (κ1) is 19.9. The van der Waals surface area contributed by atoms with Gasteiger partial charge < -0.3 is 15.5 Å². The lowest BCUT2D eigenvalue weighted by atomic mass is 9.96. The number of rotatable bonds is 5. The van der Waals surface area contributed by atoms with Gasteiger partial charge in [-0.25, -0.2) is 0 Å². The first-order valence-electron chi connectivity index (χ1n) is 9.22. The molecule has 2 aromatic rings. The van der Waals surface area contributed by atoms with E-state index in [4.69, 9.17) is 0 Å². The zero-order valence-corrected chi connectivity index (χ0v) is 16.5. The Hall–Kier alpha value is -2.81. The molecule has 1 aliphatic heterocycles. The third kappa shape index (κ3) is 5.13. The Bertz CT molecular complexity index is 831. The second kappa shape index (κ2) is 9.41. The molecule has 0 atom stereocenters. The molecule has 0 radical (unpaired) electrons. The molecule has 3 amide bonds. The van der Waals surface area contributed by atoms with E-state index in [1.807, 2.05) is 30.3 Å². The Morgan fingerprint density at radius 3 is 2.43 bits per heavy atom. The quantitative estimate of drug-likeness (QED) is 0.731. The van der Waals surface area contributed by atoms with Crippen molar-refractivity contribution < 1.29 is 14.4 Å². The monoisotopic (exact) mass is 401 g/mol. The maximum atomic E-state index is 12.5. The first-order chi connectivity index (χ1) is 13.5. The number of amides is 3. The molecule has 0 saturated carbocycles.